The van der Waals surface area contributed by atoms with Crippen LogP contribution in [0.1, 0.15) is 21.7 Å². The number of nitrogens with one attached hydrogen (secondary N) is 1. The van der Waals surface area contributed by atoms with E-state index in [0.29, 0.717) is 5.56 Å². The van der Waals surface area contributed by atoms with Crippen molar-refractivity contribution in [3.63, 3.8) is 0 Å². The number of hydrogen-bond acceptors (Lipinski definition) is 4. The fraction of sp³-hybridized carbons (Fsp3) is 0.167. The Morgan fingerprint density at radius 1 is 1.28 bits per heavy atom. The van der Waals surface area contributed by atoms with Gasteiger partial charge in [0.1, 0.15) is 5.15 Å². The molecule has 0 aromatic carbocycles. The maximum atomic E-state index is 11.9. The number of rotatable bonds is 2. The highest BCUT2D eigenvalue weighted by molar-refractivity contribution is 6.33. The second-order valence-electron chi connectivity index (χ2n) is 3.77. The quantitative estimate of drug-likeness (QED) is 0.844. The predicted octanol–water partition coefficient (Wildman–Crippen LogP) is 2.39. The van der Waals surface area contributed by atoms with Crippen LogP contribution >= 0.6 is 11.6 Å². The zero-order valence-electron chi connectivity index (χ0n) is 9.94. The standard InChI is InChI=1S/C12H11ClN4O/c1-7-6-8(2)16-12(15-7)17-11(18)9-4-3-5-14-10(9)13/h3-6H,1-2H3,(H,15,16,17,18). The highest BCUT2D eigenvalue weighted by Gasteiger charge is 2.12. The van der Waals surface area contributed by atoms with Crippen LogP contribution in [0, 0.1) is 13.8 Å². The molecule has 0 radical (unpaired) electrons. The summed E-state index contributed by atoms with van der Waals surface area (Å²) < 4.78 is 0. The van der Waals surface area contributed by atoms with Gasteiger partial charge in [0.15, 0.2) is 0 Å². The van der Waals surface area contributed by atoms with Crippen molar-refractivity contribution in [2.45, 2.75) is 13.8 Å². The van der Waals surface area contributed by atoms with Gasteiger partial charge in [-0.3, -0.25) is 10.1 Å². The first-order valence-electron chi connectivity index (χ1n) is 5.30. The molecule has 2 aromatic heterocycles. The molecule has 0 fully saturated rings. The summed E-state index contributed by atoms with van der Waals surface area (Å²) in [4.78, 5) is 24.0. The summed E-state index contributed by atoms with van der Waals surface area (Å²) in [5.41, 5.74) is 1.87. The third-order valence-corrected chi connectivity index (χ3v) is 2.51. The SMILES string of the molecule is Cc1cc(C)nc(NC(=O)c2cccnc2Cl)n1. The van der Waals surface area contributed by atoms with Gasteiger partial charge in [-0.15, -0.1) is 0 Å². The minimum Gasteiger partial charge on any atom is -0.290 e. The summed E-state index contributed by atoms with van der Waals surface area (Å²) in [6.45, 7) is 3.67. The van der Waals surface area contributed by atoms with E-state index in [9.17, 15) is 4.79 Å². The third kappa shape index (κ3) is 2.81. The lowest BCUT2D eigenvalue weighted by Gasteiger charge is -2.06. The van der Waals surface area contributed by atoms with Gasteiger partial charge in [-0.05, 0) is 32.0 Å². The van der Waals surface area contributed by atoms with Gasteiger partial charge in [-0.25, -0.2) is 15.0 Å². The lowest BCUT2D eigenvalue weighted by molar-refractivity contribution is 0.102. The highest BCUT2D eigenvalue weighted by Crippen LogP contribution is 2.13. The number of pyridine rings is 1. The van der Waals surface area contributed by atoms with Crippen molar-refractivity contribution in [2.24, 2.45) is 0 Å². The highest BCUT2D eigenvalue weighted by atomic mass is 35.5. The molecule has 0 saturated heterocycles. The van der Waals surface area contributed by atoms with E-state index < -0.39 is 0 Å². The molecule has 0 bridgehead atoms. The van der Waals surface area contributed by atoms with Crippen molar-refractivity contribution < 1.29 is 4.79 Å². The van der Waals surface area contributed by atoms with Crippen LogP contribution in [0.2, 0.25) is 5.15 Å². The summed E-state index contributed by atoms with van der Waals surface area (Å²) in [7, 11) is 0. The van der Waals surface area contributed by atoms with Crippen LogP contribution in [0.4, 0.5) is 5.95 Å². The smallest absolute Gasteiger partial charge is 0.261 e. The lowest BCUT2D eigenvalue weighted by Crippen LogP contribution is -2.15. The normalized spacial score (nSPS) is 10.2. The number of carbonyl (C=O) groups is 1. The van der Waals surface area contributed by atoms with E-state index in [0.717, 1.165) is 11.4 Å². The molecule has 2 heterocycles. The zero-order chi connectivity index (χ0) is 13.1. The van der Waals surface area contributed by atoms with E-state index in [1.807, 2.05) is 19.9 Å². The van der Waals surface area contributed by atoms with E-state index in [4.69, 9.17) is 11.6 Å². The summed E-state index contributed by atoms with van der Waals surface area (Å²) in [5.74, 6) is -0.115. The molecular formula is C12H11ClN4O. The molecule has 2 aromatic rings. The Morgan fingerprint density at radius 3 is 2.56 bits per heavy atom. The molecule has 6 heteroatoms. The van der Waals surface area contributed by atoms with E-state index in [1.54, 1.807) is 12.1 Å². The summed E-state index contributed by atoms with van der Waals surface area (Å²) in [6.07, 6.45) is 1.52. The van der Waals surface area contributed by atoms with Crippen LogP contribution in [0.15, 0.2) is 24.4 Å². The van der Waals surface area contributed by atoms with Crippen LogP contribution in [0.25, 0.3) is 0 Å². The van der Waals surface area contributed by atoms with Crippen molar-refractivity contribution >= 4 is 23.5 Å². The van der Waals surface area contributed by atoms with Gasteiger partial charge >= 0.3 is 0 Å². The first-order valence-corrected chi connectivity index (χ1v) is 5.68. The molecule has 2 rings (SSSR count). The van der Waals surface area contributed by atoms with Crippen molar-refractivity contribution in [3.05, 3.63) is 46.5 Å². The molecule has 92 valence electrons. The average molecular weight is 263 g/mol. The Bertz CT molecular complexity index is 580. The third-order valence-electron chi connectivity index (χ3n) is 2.21. The number of hydrogen-bond donors (Lipinski definition) is 1. The average Bonchev–Trinajstić information content (AvgIpc) is 2.27. The van der Waals surface area contributed by atoms with Crippen LogP contribution in [-0.2, 0) is 0 Å². The molecule has 1 N–H and O–H groups in total. The fourth-order valence-corrected chi connectivity index (χ4v) is 1.71. The van der Waals surface area contributed by atoms with E-state index in [1.165, 1.54) is 6.20 Å². The monoisotopic (exact) mass is 262 g/mol. The molecule has 5 nitrogen and oxygen atoms in total. The minimum absolute atomic E-state index is 0.152. The maximum absolute atomic E-state index is 11.9. The van der Waals surface area contributed by atoms with Gasteiger partial charge in [-0.1, -0.05) is 11.6 Å². The van der Waals surface area contributed by atoms with Gasteiger partial charge < -0.3 is 0 Å². The minimum atomic E-state index is -0.377. The van der Waals surface area contributed by atoms with Crippen molar-refractivity contribution in [2.75, 3.05) is 5.32 Å². The number of aromatic nitrogens is 3. The molecule has 18 heavy (non-hydrogen) atoms. The van der Waals surface area contributed by atoms with Crippen molar-refractivity contribution in [1.29, 1.82) is 0 Å². The summed E-state index contributed by atoms with van der Waals surface area (Å²) >= 11 is 5.84. The maximum Gasteiger partial charge on any atom is 0.261 e. The van der Waals surface area contributed by atoms with Gasteiger partial charge in [0.05, 0.1) is 5.56 Å². The Labute approximate surface area is 109 Å². The number of nitrogens with zero attached hydrogens (tertiary/aromatic N) is 3. The van der Waals surface area contributed by atoms with Crippen molar-refractivity contribution in [1.82, 2.24) is 15.0 Å². The zero-order valence-corrected chi connectivity index (χ0v) is 10.7. The topological polar surface area (TPSA) is 67.8 Å². The molecule has 0 unspecified atom stereocenters. The predicted molar refractivity (Wildman–Crippen MR) is 68.7 cm³/mol. The Morgan fingerprint density at radius 2 is 1.94 bits per heavy atom. The molecule has 0 aliphatic heterocycles. The number of carbonyl (C=O) groups excluding carboxylic acids is 1. The second-order valence-corrected chi connectivity index (χ2v) is 4.13. The van der Waals surface area contributed by atoms with E-state index in [-0.39, 0.29) is 17.0 Å². The summed E-state index contributed by atoms with van der Waals surface area (Å²) in [5, 5.41) is 2.75. The van der Waals surface area contributed by atoms with Crippen LogP contribution < -0.4 is 5.32 Å². The van der Waals surface area contributed by atoms with E-state index in [2.05, 4.69) is 20.3 Å². The largest absolute Gasteiger partial charge is 0.290 e. The number of amides is 1. The number of halogens is 1. The van der Waals surface area contributed by atoms with Crippen molar-refractivity contribution in [3.8, 4) is 0 Å². The van der Waals surface area contributed by atoms with Gasteiger partial charge in [0.25, 0.3) is 5.91 Å². The first-order chi connectivity index (χ1) is 8.56. The van der Waals surface area contributed by atoms with Crippen LogP contribution in [-0.4, -0.2) is 20.9 Å². The number of anilines is 1. The Hall–Kier alpha value is -2.01. The lowest BCUT2D eigenvalue weighted by atomic mass is 10.3. The fourth-order valence-electron chi connectivity index (χ4n) is 1.51. The molecular weight excluding hydrogens is 252 g/mol. The van der Waals surface area contributed by atoms with E-state index >= 15 is 0 Å². The molecule has 0 aliphatic rings. The Kier molecular flexibility index (Phi) is 3.53. The molecule has 0 saturated carbocycles. The Balaban J connectivity index is 2.24. The van der Waals surface area contributed by atoms with Crippen LogP contribution in [0.5, 0.6) is 0 Å². The van der Waals surface area contributed by atoms with Gasteiger partial charge in [0, 0.05) is 17.6 Å². The molecule has 1 amide bonds. The van der Waals surface area contributed by atoms with Gasteiger partial charge in [0.2, 0.25) is 5.95 Å². The van der Waals surface area contributed by atoms with Gasteiger partial charge in [-0.2, -0.15) is 0 Å². The molecule has 0 aliphatic carbocycles. The van der Waals surface area contributed by atoms with Crippen LogP contribution in [0.3, 0.4) is 0 Å². The second kappa shape index (κ2) is 5.10. The first kappa shape index (κ1) is 12.4. The molecule has 0 atom stereocenters. The number of aryl methyl sites for hydroxylation is 2. The molecule has 0 spiro atoms. The summed E-state index contributed by atoms with van der Waals surface area (Å²) in [6, 6.07) is 5.06.